The zero-order valence-electron chi connectivity index (χ0n) is 14.4. The molecule has 0 amide bonds. The summed E-state index contributed by atoms with van der Waals surface area (Å²) in [7, 11) is 0. The van der Waals surface area contributed by atoms with Crippen LogP contribution in [0.1, 0.15) is 30.3 Å². The van der Waals surface area contributed by atoms with Gasteiger partial charge in [-0.15, -0.1) is 17.9 Å². The molecule has 0 unspecified atom stereocenters. The van der Waals surface area contributed by atoms with Crippen molar-refractivity contribution in [2.45, 2.75) is 32.0 Å². The van der Waals surface area contributed by atoms with E-state index in [9.17, 15) is 5.11 Å². The van der Waals surface area contributed by atoms with Crippen LogP contribution in [0.5, 0.6) is 5.75 Å². The summed E-state index contributed by atoms with van der Waals surface area (Å²) in [6.45, 7) is 11.5. The minimum Gasteiger partial charge on any atom is -0.508 e. The van der Waals surface area contributed by atoms with Gasteiger partial charge in [0, 0.05) is 36.6 Å². The van der Waals surface area contributed by atoms with Gasteiger partial charge in [-0.1, -0.05) is 24.3 Å². The maximum absolute atomic E-state index is 9.95. The molecule has 1 aliphatic heterocycles. The fraction of sp³-hybridized carbons (Fsp3) is 0.400. The Bertz CT molecular complexity index is 670. The van der Waals surface area contributed by atoms with Crippen LogP contribution in [0.25, 0.3) is 0 Å². The Morgan fingerprint density at radius 1 is 1.25 bits per heavy atom. The second-order valence-electron chi connectivity index (χ2n) is 6.65. The van der Waals surface area contributed by atoms with Gasteiger partial charge in [0.15, 0.2) is 0 Å². The lowest BCUT2D eigenvalue weighted by Crippen LogP contribution is -2.57. The molecule has 0 saturated carbocycles. The monoisotopic (exact) mass is 342 g/mol. The summed E-state index contributed by atoms with van der Waals surface area (Å²) in [5, 5.41) is 12.1. The number of hydrogen-bond acceptors (Lipinski definition) is 4. The first-order valence-electron chi connectivity index (χ1n) is 8.53. The van der Waals surface area contributed by atoms with Gasteiger partial charge in [-0.3, -0.25) is 9.80 Å². The highest BCUT2D eigenvalue weighted by molar-refractivity contribution is 7.10. The fourth-order valence-corrected chi connectivity index (χ4v) is 4.54. The summed E-state index contributed by atoms with van der Waals surface area (Å²) in [6.07, 6.45) is 1.99. The molecule has 1 saturated heterocycles. The Hall–Kier alpha value is -1.62. The van der Waals surface area contributed by atoms with E-state index in [4.69, 9.17) is 0 Å². The molecule has 3 atom stereocenters. The SMILES string of the molecule is C=CCN1C[C@@H](C)N([C@H](c2cccc(O)c2)c2cccs2)C[C@@H]1C. The molecule has 2 aromatic rings. The third-order valence-electron chi connectivity index (χ3n) is 4.86. The summed E-state index contributed by atoms with van der Waals surface area (Å²) in [6, 6.07) is 13.1. The van der Waals surface area contributed by atoms with Crippen molar-refractivity contribution in [2.24, 2.45) is 0 Å². The third-order valence-corrected chi connectivity index (χ3v) is 5.78. The molecular formula is C20H26N2OS. The number of phenolic OH excluding ortho intramolecular Hbond substituents is 1. The lowest BCUT2D eigenvalue weighted by Gasteiger charge is -2.47. The standard InChI is InChI=1S/C20H26N2OS/c1-4-10-21-13-16(3)22(14-15(21)2)20(19-9-6-11-24-19)17-7-5-8-18(23)12-17/h4-9,11-12,15-16,20,23H,1,10,13-14H2,2-3H3/t15-,16+,20+/m0/s1. The van der Waals surface area contributed by atoms with Crippen LogP contribution in [0.2, 0.25) is 0 Å². The van der Waals surface area contributed by atoms with E-state index < -0.39 is 0 Å². The molecule has 1 fully saturated rings. The maximum Gasteiger partial charge on any atom is 0.115 e. The van der Waals surface area contributed by atoms with Gasteiger partial charge in [-0.25, -0.2) is 0 Å². The van der Waals surface area contributed by atoms with Crippen molar-refractivity contribution >= 4 is 11.3 Å². The number of hydrogen-bond donors (Lipinski definition) is 1. The summed E-state index contributed by atoms with van der Waals surface area (Å²) in [4.78, 5) is 6.39. The minimum absolute atomic E-state index is 0.195. The van der Waals surface area contributed by atoms with E-state index >= 15 is 0 Å². The average molecular weight is 343 g/mol. The molecule has 1 aromatic carbocycles. The maximum atomic E-state index is 9.95. The van der Waals surface area contributed by atoms with Gasteiger partial charge in [0.1, 0.15) is 5.75 Å². The molecule has 3 rings (SSSR count). The molecule has 0 aliphatic carbocycles. The Labute approximate surface area is 148 Å². The lowest BCUT2D eigenvalue weighted by molar-refractivity contribution is 0.0315. The van der Waals surface area contributed by atoms with Crippen molar-refractivity contribution in [3.63, 3.8) is 0 Å². The summed E-state index contributed by atoms with van der Waals surface area (Å²) >= 11 is 1.79. The van der Waals surface area contributed by atoms with E-state index in [1.165, 1.54) is 4.88 Å². The molecule has 4 heteroatoms. The molecule has 1 aromatic heterocycles. The van der Waals surface area contributed by atoms with E-state index in [2.05, 4.69) is 53.8 Å². The first-order valence-corrected chi connectivity index (χ1v) is 9.41. The van der Waals surface area contributed by atoms with Gasteiger partial charge < -0.3 is 5.11 Å². The number of nitrogens with zero attached hydrogens (tertiary/aromatic N) is 2. The number of piperazine rings is 1. The van der Waals surface area contributed by atoms with E-state index in [0.29, 0.717) is 17.8 Å². The van der Waals surface area contributed by atoms with Crippen molar-refractivity contribution in [3.8, 4) is 5.75 Å². The molecule has 0 spiro atoms. The second-order valence-corrected chi connectivity index (χ2v) is 7.63. The Morgan fingerprint density at radius 2 is 2.08 bits per heavy atom. The molecule has 1 aliphatic rings. The number of rotatable bonds is 5. The van der Waals surface area contributed by atoms with Crippen LogP contribution in [-0.4, -0.2) is 46.6 Å². The van der Waals surface area contributed by atoms with Crippen LogP contribution < -0.4 is 0 Å². The van der Waals surface area contributed by atoms with Crippen LogP contribution in [0.3, 0.4) is 0 Å². The zero-order valence-corrected chi connectivity index (χ0v) is 15.2. The van der Waals surface area contributed by atoms with Gasteiger partial charge in [0.05, 0.1) is 6.04 Å². The molecule has 2 heterocycles. The molecular weight excluding hydrogens is 316 g/mol. The largest absolute Gasteiger partial charge is 0.508 e. The first-order chi connectivity index (χ1) is 11.6. The second kappa shape index (κ2) is 7.51. The topological polar surface area (TPSA) is 26.7 Å². The van der Waals surface area contributed by atoms with Crippen molar-refractivity contribution in [2.75, 3.05) is 19.6 Å². The summed E-state index contributed by atoms with van der Waals surface area (Å²) in [5.74, 6) is 0.333. The van der Waals surface area contributed by atoms with Crippen molar-refractivity contribution in [1.82, 2.24) is 9.80 Å². The number of thiophene rings is 1. The van der Waals surface area contributed by atoms with Gasteiger partial charge >= 0.3 is 0 Å². The van der Waals surface area contributed by atoms with E-state index in [1.54, 1.807) is 17.4 Å². The Balaban J connectivity index is 1.93. The molecule has 0 radical (unpaired) electrons. The molecule has 24 heavy (non-hydrogen) atoms. The van der Waals surface area contributed by atoms with Crippen molar-refractivity contribution in [1.29, 1.82) is 0 Å². The molecule has 3 nitrogen and oxygen atoms in total. The predicted molar refractivity (Wildman–Crippen MR) is 102 cm³/mol. The van der Waals surface area contributed by atoms with Crippen molar-refractivity contribution in [3.05, 3.63) is 64.9 Å². The normalized spacial score (nSPS) is 23.9. The predicted octanol–water partition coefficient (Wildman–Crippen LogP) is 4.12. The Kier molecular flexibility index (Phi) is 5.39. The molecule has 0 bridgehead atoms. The van der Waals surface area contributed by atoms with Crippen LogP contribution in [0, 0.1) is 0 Å². The van der Waals surface area contributed by atoms with E-state index in [0.717, 1.165) is 25.2 Å². The molecule has 128 valence electrons. The van der Waals surface area contributed by atoms with Crippen LogP contribution in [-0.2, 0) is 0 Å². The number of benzene rings is 1. The molecule has 1 N–H and O–H groups in total. The smallest absolute Gasteiger partial charge is 0.115 e. The highest BCUT2D eigenvalue weighted by atomic mass is 32.1. The quantitative estimate of drug-likeness (QED) is 0.828. The van der Waals surface area contributed by atoms with E-state index in [1.807, 2.05) is 18.2 Å². The van der Waals surface area contributed by atoms with Crippen molar-refractivity contribution < 1.29 is 5.11 Å². The van der Waals surface area contributed by atoms with Crippen LogP contribution >= 0.6 is 11.3 Å². The third kappa shape index (κ3) is 3.56. The highest BCUT2D eigenvalue weighted by Gasteiger charge is 2.34. The summed E-state index contributed by atoms with van der Waals surface area (Å²) < 4.78 is 0. The zero-order chi connectivity index (χ0) is 17.1. The summed E-state index contributed by atoms with van der Waals surface area (Å²) in [5.41, 5.74) is 1.16. The van der Waals surface area contributed by atoms with Gasteiger partial charge in [-0.05, 0) is 43.0 Å². The van der Waals surface area contributed by atoms with Gasteiger partial charge in [-0.2, -0.15) is 0 Å². The average Bonchev–Trinajstić information content (AvgIpc) is 3.06. The first kappa shape index (κ1) is 17.2. The number of aromatic hydroxyl groups is 1. The lowest BCUT2D eigenvalue weighted by atomic mass is 9.98. The minimum atomic E-state index is 0.195. The number of phenols is 1. The van der Waals surface area contributed by atoms with Gasteiger partial charge in [0.2, 0.25) is 0 Å². The van der Waals surface area contributed by atoms with Crippen LogP contribution in [0.4, 0.5) is 0 Å². The van der Waals surface area contributed by atoms with Crippen LogP contribution in [0.15, 0.2) is 54.4 Å². The Morgan fingerprint density at radius 3 is 2.75 bits per heavy atom. The van der Waals surface area contributed by atoms with Gasteiger partial charge in [0.25, 0.3) is 0 Å². The fourth-order valence-electron chi connectivity index (χ4n) is 3.67. The highest BCUT2D eigenvalue weighted by Crippen LogP contribution is 2.36. The van der Waals surface area contributed by atoms with E-state index in [-0.39, 0.29) is 6.04 Å².